The van der Waals surface area contributed by atoms with Crippen molar-refractivity contribution in [1.82, 2.24) is 0 Å². The Morgan fingerprint density at radius 2 is 1.72 bits per heavy atom. The molecule has 3 heteroatoms. The van der Waals surface area contributed by atoms with Crippen LogP contribution in [-0.2, 0) is 9.53 Å². The SMILES string of the molecule is CCCCCCCC/C=C(/C=C\C(=O)OCC)C[Se]c1ccccc1. The number of carbonyl (C=O) groups excluding carboxylic acids is 1. The molecule has 0 aliphatic carbocycles. The molecule has 0 fully saturated rings. The standard InChI is InChI=1S/C22H32O2Se/c1-3-5-6-7-8-9-11-14-20(17-18-22(23)24-4-2)19-25-21-15-12-10-13-16-21/h10,12-18H,3-9,11,19H2,1-2H3/b18-17-,20-14-. The number of hydrogen-bond donors (Lipinski definition) is 0. The first kappa shape index (κ1) is 21.7. The van der Waals surface area contributed by atoms with E-state index in [0.717, 1.165) is 11.7 Å². The predicted octanol–water partition coefficient (Wildman–Crippen LogP) is 5.23. The van der Waals surface area contributed by atoms with Crippen molar-refractivity contribution in [2.75, 3.05) is 6.61 Å². The summed E-state index contributed by atoms with van der Waals surface area (Å²) in [4.78, 5) is 11.6. The molecular weight excluding hydrogens is 375 g/mol. The van der Waals surface area contributed by atoms with Gasteiger partial charge >= 0.3 is 160 Å². The maximum absolute atomic E-state index is 11.6. The molecule has 0 unspecified atom stereocenters. The third kappa shape index (κ3) is 11.8. The van der Waals surface area contributed by atoms with Crippen LogP contribution in [0.25, 0.3) is 0 Å². The van der Waals surface area contributed by atoms with E-state index in [0.29, 0.717) is 21.6 Å². The van der Waals surface area contributed by atoms with Crippen LogP contribution in [-0.4, -0.2) is 27.5 Å². The molecule has 1 aromatic carbocycles. The summed E-state index contributed by atoms with van der Waals surface area (Å²) in [5.41, 5.74) is 1.26. The molecule has 25 heavy (non-hydrogen) atoms. The summed E-state index contributed by atoms with van der Waals surface area (Å²) in [5.74, 6) is -0.250. The third-order valence-corrected chi connectivity index (χ3v) is 6.11. The molecule has 0 aromatic heterocycles. The predicted molar refractivity (Wildman–Crippen MR) is 108 cm³/mol. The third-order valence-electron chi connectivity index (χ3n) is 3.83. The molecule has 0 bridgehead atoms. The normalized spacial score (nSPS) is 11.8. The fourth-order valence-electron chi connectivity index (χ4n) is 2.44. The fourth-order valence-corrected chi connectivity index (χ4v) is 4.32. The Balaban J connectivity index is 2.48. The van der Waals surface area contributed by atoms with Gasteiger partial charge in [0.15, 0.2) is 0 Å². The molecule has 0 radical (unpaired) electrons. The summed E-state index contributed by atoms with van der Waals surface area (Å²) in [7, 11) is 0. The summed E-state index contributed by atoms with van der Waals surface area (Å²) in [5, 5.41) is 1.02. The van der Waals surface area contributed by atoms with Crippen LogP contribution < -0.4 is 4.46 Å². The zero-order valence-corrected chi connectivity index (χ0v) is 17.4. The van der Waals surface area contributed by atoms with Crippen molar-refractivity contribution < 1.29 is 9.53 Å². The Morgan fingerprint density at radius 1 is 1.00 bits per heavy atom. The van der Waals surface area contributed by atoms with Gasteiger partial charge in [0.2, 0.25) is 0 Å². The van der Waals surface area contributed by atoms with Gasteiger partial charge in [0.05, 0.1) is 0 Å². The van der Waals surface area contributed by atoms with E-state index < -0.39 is 0 Å². The van der Waals surface area contributed by atoms with Crippen LogP contribution in [0.4, 0.5) is 0 Å². The molecule has 0 amide bonds. The van der Waals surface area contributed by atoms with E-state index in [9.17, 15) is 4.79 Å². The van der Waals surface area contributed by atoms with Crippen molar-refractivity contribution in [3.63, 3.8) is 0 Å². The Kier molecular flexibility index (Phi) is 13.0. The van der Waals surface area contributed by atoms with Crippen molar-refractivity contribution in [3.05, 3.63) is 54.1 Å². The average Bonchev–Trinajstić information content (AvgIpc) is 2.63. The van der Waals surface area contributed by atoms with Gasteiger partial charge in [0.25, 0.3) is 0 Å². The van der Waals surface area contributed by atoms with E-state index in [1.54, 1.807) is 6.08 Å². The zero-order valence-electron chi connectivity index (χ0n) is 15.7. The Hall–Kier alpha value is -1.31. The number of ether oxygens (including phenoxy) is 1. The molecule has 2 nitrogen and oxygen atoms in total. The summed E-state index contributed by atoms with van der Waals surface area (Å²) in [6.45, 7) is 4.51. The molecule has 0 N–H and O–H groups in total. The van der Waals surface area contributed by atoms with Crippen molar-refractivity contribution in [3.8, 4) is 0 Å². The first-order chi connectivity index (χ1) is 12.3. The van der Waals surface area contributed by atoms with Gasteiger partial charge in [-0.05, 0) is 0 Å². The topological polar surface area (TPSA) is 26.3 Å². The molecule has 138 valence electrons. The van der Waals surface area contributed by atoms with Crippen LogP contribution >= 0.6 is 0 Å². The summed E-state index contributed by atoms with van der Waals surface area (Å²) >= 11 is 0.396. The monoisotopic (exact) mass is 408 g/mol. The van der Waals surface area contributed by atoms with Crippen molar-refractivity contribution >= 4 is 25.4 Å². The van der Waals surface area contributed by atoms with Gasteiger partial charge in [-0.25, -0.2) is 0 Å². The first-order valence-electron chi connectivity index (χ1n) is 9.48. The summed E-state index contributed by atoms with van der Waals surface area (Å²) in [6.07, 6.45) is 14.8. The van der Waals surface area contributed by atoms with Crippen molar-refractivity contribution in [2.24, 2.45) is 0 Å². The second-order valence-corrected chi connectivity index (χ2v) is 8.22. The molecule has 1 rings (SSSR count). The molecule has 0 saturated carbocycles. The maximum atomic E-state index is 11.6. The molecule has 0 aliphatic heterocycles. The molecule has 0 heterocycles. The average molecular weight is 407 g/mol. The minimum atomic E-state index is -0.250. The minimum absolute atomic E-state index is 0.250. The number of hydrogen-bond acceptors (Lipinski definition) is 2. The van der Waals surface area contributed by atoms with Gasteiger partial charge in [-0.2, -0.15) is 0 Å². The van der Waals surface area contributed by atoms with Crippen LogP contribution in [0.3, 0.4) is 0 Å². The molecule has 0 spiro atoms. The van der Waals surface area contributed by atoms with E-state index in [-0.39, 0.29) is 5.97 Å². The van der Waals surface area contributed by atoms with Crippen LogP contribution in [0, 0.1) is 0 Å². The van der Waals surface area contributed by atoms with Gasteiger partial charge in [-0.1, -0.05) is 0 Å². The van der Waals surface area contributed by atoms with Crippen molar-refractivity contribution in [1.29, 1.82) is 0 Å². The molecule has 0 saturated heterocycles. The van der Waals surface area contributed by atoms with Gasteiger partial charge in [-0.3, -0.25) is 0 Å². The number of carbonyl (C=O) groups is 1. The van der Waals surface area contributed by atoms with Gasteiger partial charge in [0, 0.05) is 0 Å². The second-order valence-electron chi connectivity index (χ2n) is 6.02. The van der Waals surface area contributed by atoms with Gasteiger partial charge < -0.3 is 0 Å². The number of benzene rings is 1. The second kappa shape index (κ2) is 15.0. The van der Waals surface area contributed by atoms with E-state index in [1.807, 2.05) is 13.0 Å². The number of allylic oxidation sites excluding steroid dienone is 3. The number of rotatable bonds is 13. The van der Waals surface area contributed by atoms with Crippen LogP contribution in [0.15, 0.2) is 54.1 Å². The van der Waals surface area contributed by atoms with Crippen molar-refractivity contribution in [2.45, 2.75) is 64.1 Å². The first-order valence-corrected chi connectivity index (χ1v) is 11.5. The van der Waals surface area contributed by atoms with Gasteiger partial charge in [0.1, 0.15) is 0 Å². The Morgan fingerprint density at radius 3 is 2.44 bits per heavy atom. The quantitative estimate of drug-likeness (QED) is 0.147. The van der Waals surface area contributed by atoms with Crippen LogP contribution in [0.2, 0.25) is 5.32 Å². The molecule has 0 aliphatic rings. The number of esters is 1. The summed E-state index contributed by atoms with van der Waals surface area (Å²) < 4.78 is 6.38. The number of unbranched alkanes of at least 4 members (excludes halogenated alkanes) is 6. The molecular formula is C22H32O2Se. The van der Waals surface area contributed by atoms with Crippen LogP contribution in [0.5, 0.6) is 0 Å². The van der Waals surface area contributed by atoms with Gasteiger partial charge in [-0.15, -0.1) is 0 Å². The van der Waals surface area contributed by atoms with Crippen LogP contribution in [0.1, 0.15) is 58.8 Å². The van der Waals surface area contributed by atoms with E-state index >= 15 is 0 Å². The van der Waals surface area contributed by atoms with E-state index in [1.165, 1.54) is 48.6 Å². The van der Waals surface area contributed by atoms with E-state index in [4.69, 9.17) is 4.74 Å². The van der Waals surface area contributed by atoms with E-state index in [2.05, 4.69) is 43.3 Å². The fraction of sp³-hybridized carbons (Fsp3) is 0.500. The Labute approximate surface area is 159 Å². The molecule has 1 aromatic rings. The Bertz CT molecular complexity index is 520. The molecule has 0 atom stereocenters. The summed E-state index contributed by atoms with van der Waals surface area (Å²) in [6, 6.07) is 10.6. The zero-order chi connectivity index (χ0) is 18.2.